The SMILES string of the molecule is Cn1ccnc1C(=O)NCCC1CCOC12CN(S(C)(=O)=O)C2. The summed E-state index contributed by atoms with van der Waals surface area (Å²) in [5.74, 6) is 0.452. The maximum Gasteiger partial charge on any atom is 0.287 e. The van der Waals surface area contributed by atoms with Crippen molar-refractivity contribution >= 4 is 15.9 Å². The van der Waals surface area contributed by atoms with Crippen LogP contribution in [0.3, 0.4) is 0 Å². The number of carbonyl (C=O) groups is 1. The van der Waals surface area contributed by atoms with Gasteiger partial charge in [-0.15, -0.1) is 0 Å². The second-order valence-electron chi connectivity index (χ2n) is 6.34. The van der Waals surface area contributed by atoms with Crippen molar-refractivity contribution in [3.63, 3.8) is 0 Å². The van der Waals surface area contributed by atoms with Crippen LogP contribution in [-0.4, -0.2) is 66.3 Å². The van der Waals surface area contributed by atoms with Crippen LogP contribution in [-0.2, 0) is 21.8 Å². The van der Waals surface area contributed by atoms with Gasteiger partial charge in [0.1, 0.15) is 0 Å². The molecule has 3 rings (SSSR count). The molecule has 2 saturated heterocycles. The molecular weight excluding hydrogens is 320 g/mol. The van der Waals surface area contributed by atoms with Crippen LogP contribution in [0.25, 0.3) is 0 Å². The van der Waals surface area contributed by atoms with Crippen LogP contribution in [0.4, 0.5) is 0 Å². The monoisotopic (exact) mass is 342 g/mol. The maximum absolute atomic E-state index is 12.0. The highest BCUT2D eigenvalue weighted by atomic mass is 32.2. The quantitative estimate of drug-likeness (QED) is 0.785. The van der Waals surface area contributed by atoms with Crippen LogP contribution in [0, 0.1) is 5.92 Å². The van der Waals surface area contributed by atoms with E-state index in [-0.39, 0.29) is 17.4 Å². The van der Waals surface area contributed by atoms with E-state index in [2.05, 4.69) is 10.3 Å². The lowest BCUT2D eigenvalue weighted by molar-refractivity contribution is -0.102. The largest absolute Gasteiger partial charge is 0.372 e. The summed E-state index contributed by atoms with van der Waals surface area (Å²) in [4.78, 5) is 16.0. The zero-order valence-corrected chi connectivity index (χ0v) is 14.2. The molecule has 2 aliphatic heterocycles. The molecule has 1 atom stereocenters. The van der Waals surface area contributed by atoms with Crippen LogP contribution >= 0.6 is 0 Å². The van der Waals surface area contributed by atoms with Gasteiger partial charge in [0.15, 0.2) is 5.82 Å². The third-order valence-corrected chi connectivity index (χ3v) is 5.96. The first kappa shape index (κ1) is 16.4. The summed E-state index contributed by atoms with van der Waals surface area (Å²) in [6.45, 7) is 2.02. The van der Waals surface area contributed by atoms with Crippen molar-refractivity contribution in [2.45, 2.75) is 18.4 Å². The highest BCUT2D eigenvalue weighted by molar-refractivity contribution is 7.88. The van der Waals surface area contributed by atoms with Gasteiger partial charge in [-0.25, -0.2) is 13.4 Å². The summed E-state index contributed by atoms with van der Waals surface area (Å²) in [6, 6.07) is 0. The molecule has 1 N–H and O–H groups in total. The molecule has 1 spiro atoms. The Morgan fingerprint density at radius 3 is 2.87 bits per heavy atom. The summed E-state index contributed by atoms with van der Waals surface area (Å²) in [5.41, 5.74) is -0.364. The molecule has 0 bridgehead atoms. The third-order valence-electron chi connectivity index (χ3n) is 4.76. The van der Waals surface area contributed by atoms with Crippen molar-refractivity contribution in [1.82, 2.24) is 19.2 Å². The number of carbonyl (C=O) groups excluding carboxylic acids is 1. The minimum atomic E-state index is -3.15. The zero-order chi connectivity index (χ0) is 16.7. The Morgan fingerprint density at radius 1 is 1.52 bits per heavy atom. The van der Waals surface area contributed by atoms with Gasteiger partial charge in [0.25, 0.3) is 5.91 Å². The molecule has 9 heteroatoms. The predicted molar refractivity (Wildman–Crippen MR) is 83.4 cm³/mol. The predicted octanol–water partition coefficient (Wildman–Crippen LogP) is -0.409. The number of nitrogens with one attached hydrogen (secondary N) is 1. The van der Waals surface area contributed by atoms with E-state index < -0.39 is 10.0 Å². The summed E-state index contributed by atoms with van der Waals surface area (Å²) in [7, 11) is -1.38. The molecule has 3 heterocycles. The number of imidazole rings is 1. The minimum absolute atomic E-state index is 0.197. The van der Waals surface area contributed by atoms with Crippen molar-refractivity contribution < 1.29 is 17.9 Å². The summed E-state index contributed by atoms with van der Waals surface area (Å²) in [5, 5.41) is 2.87. The lowest BCUT2D eigenvalue weighted by Crippen LogP contribution is -2.65. The fraction of sp³-hybridized carbons (Fsp3) is 0.714. The Bertz CT molecular complexity index is 693. The summed E-state index contributed by atoms with van der Waals surface area (Å²) in [6.07, 6.45) is 6.20. The van der Waals surface area contributed by atoms with Gasteiger partial charge >= 0.3 is 0 Å². The van der Waals surface area contributed by atoms with Gasteiger partial charge < -0.3 is 14.6 Å². The molecule has 128 valence electrons. The van der Waals surface area contributed by atoms with Gasteiger partial charge in [-0.3, -0.25) is 4.79 Å². The van der Waals surface area contributed by atoms with Gasteiger partial charge in [0, 0.05) is 45.7 Å². The van der Waals surface area contributed by atoms with Crippen molar-refractivity contribution in [1.29, 1.82) is 0 Å². The Morgan fingerprint density at radius 2 is 2.26 bits per heavy atom. The number of sulfonamides is 1. The highest BCUT2D eigenvalue weighted by Crippen LogP contribution is 2.42. The molecule has 0 saturated carbocycles. The van der Waals surface area contributed by atoms with Crippen LogP contribution in [0.2, 0.25) is 0 Å². The molecule has 0 aliphatic carbocycles. The average Bonchev–Trinajstić information content (AvgIpc) is 3.01. The minimum Gasteiger partial charge on any atom is -0.372 e. The molecule has 1 aromatic rings. The second kappa shape index (κ2) is 5.88. The van der Waals surface area contributed by atoms with E-state index in [9.17, 15) is 13.2 Å². The number of amides is 1. The van der Waals surface area contributed by atoms with E-state index >= 15 is 0 Å². The normalized spacial score (nSPS) is 23.8. The number of rotatable bonds is 5. The Hall–Kier alpha value is -1.45. The third kappa shape index (κ3) is 3.13. The Balaban J connectivity index is 1.51. The van der Waals surface area contributed by atoms with Crippen molar-refractivity contribution in [3.05, 3.63) is 18.2 Å². The lowest BCUT2D eigenvalue weighted by atomic mass is 9.80. The molecule has 1 unspecified atom stereocenters. The standard InChI is InChI=1S/C14H22N4O4S/c1-17-7-6-15-12(17)13(19)16-5-3-11-4-8-22-14(11)9-18(10-14)23(2,20)21/h6-7,11H,3-5,8-10H2,1-2H3,(H,16,19). The first-order valence-corrected chi connectivity index (χ1v) is 9.51. The molecule has 23 heavy (non-hydrogen) atoms. The van der Waals surface area contributed by atoms with Gasteiger partial charge in [-0.1, -0.05) is 0 Å². The number of hydrogen-bond acceptors (Lipinski definition) is 5. The maximum atomic E-state index is 12.0. The van der Waals surface area contributed by atoms with Gasteiger partial charge in [0.05, 0.1) is 11.9 Å². The van der Waals surface area contributed by atoms with Crippen LogP contribution < -0.4 is 5.32 Å². The molecule has 0 aromatic carbocycles. The number of ether oxygens (including phenoxy) is 1. The van der Waals surface area contributed by atoms with Crippen molar-refractivity contribution in [2.24, 2.45) is 13.0 Å². The van der Waals surface area contributed by atoms with E-state index in [0.717, 1.165) is 12.8 Å². The molecule has 2 aliphatic rings. The van der Waals surface area contributed by atoms with E-state index in [0.29, 0.717) is 32.1 Å². The Kier molecular flexibility index (Phi) is 4.19. The van der Waals surface area contributed by atoms with Crippen LogP contribution in [0.15, 0.2) is 12.4 Å². The average molecular weight is 342 g/mol. The lowest BCUT2D eigenvalue weighted by Gasteiger charge is -2.48. The van der Waals surface area contributed by atoms with E-state index in [1.54, 1.807) is 24.0 Å². The first-order chi connectivity index (χ1) is 10.8. The second-order valence-corrected chi connectivity index (χ2v) is 8.32. The molecule has 1 aromatic heterocycles. The fourth-order valence-corrected chi connectivity index (χ4v) is 4.26. The van der Waals surface area contributed by atoms with Crippen LogP contribution in [0.1, 0.15) is 23.5 Å². The number of aryl methyl sites for hydroxylation is 1. The number of aromatic nitrogens is 2. The van der Waals surface area contributed by atoms with Gasteiger partial charge in [-0.05, 0) is 18.8 Å². The van der Waals surface area contributed by atoms with Gasteiger partial charge in [0.2, 0.25) is 10.0 Å². The topological polar surface area (TPSA) is 93.5 Å². The fourth-order valence-electron chi connectivity index (χ4n) is 3.35. The number of nitrogens with zero attached hydrogens (tertiary/aromatic N) is 3. The van der Waals surface area contributed by atoms with Crippen molar-refractivity contribution in [3.8, 4) is 0 Å². The van der Waals surface area contributed by atoms with Gasteiger partial charge in [-0.2, -0.15) is 4.31 Å². The molecular formula is C14H22N4O4S. The first-order valence-electron chi connectivity index (χ1n) is 7.66. The van der Waals surface area contributed by atoms with E-state index in [4.69, 9.17) is 4.74 Å². The van der Waals surface area contributed by atoms with E-state index in [1.807, 2.05) is 0 Å². The Labute approximate surface area is 135 Å². The number of hydrogen-bond donors (Lipinski definition) is 1. The summed E-state index contributed by atoms with van der Waals surface area (Å²) < 4.78 is 32.0. The van der Waals surface area contributed by atoms with Crippen LogP contribution in [0.5, 0.6) is 0 Å². The molecule has 2 fully saturated rings. The summed E-state index contributed by atoms with van der Waals surface area (Å²) >= 11 is 0. The molecule has 8 nitrogen and oxygen atoms in total. The molecule has 0 radical (unpaired) electrons. The molecule has 1 amide bonds. The van der Waals surface area contributed by atoms with E-state index in [1.165, 1.54) is 10.6 Å². The zero-order valence-electron chi connectivity index (χ0n) is 13.4. The highest BCUT2D eigenvalue weighted by Gasteiger charge is 2.55. The smallest absolute Gasteiger partial charge is 0.287 e. The van der Waals surface area contributed by atoms with Crippen molar-refractivity contribution in [2.75, 3.05) is 32.5 Å².